The van der Waals surface area contributed by atoms with Crippen LogP contribution in [-0.4, -0.2) is 11.6 Å². The van der Waals surface area contributed by atoms with Crippen LogP contribution in [0, 0.1) is 6.92 Å². The van der Waals surface area contributed by atoms with Gasteiger partial charge < -0.3 is 0 Å². The lowest BCUT2D eigenvalue weighted by atomic mass is 9.80. The third kappa shape index (κ3) is 1.53. The first-order valence-electron chi connectivity index (χ1n) is 6.89. The van der Waals surface area contributed by atoms with Crippen LogP contribution in [0.2, 0.25) is 0 Å². The average Bonchev–Trinajstić information content (AvgIpc) is 2.53. The lowest BCUT2D eigenvalue weighted by molar-refractivity contribution is 0.0980. The topological polar surface area (TPSA) is 34.1 Å². The van der Waals surface area contributed by atoms with E-state index in [0.717, 1.165) is 16.3 Å². The zero-order chi connectivity index (χ0) is 14.6. The molecule has 0 saturated carbocycles. The molecule has 1 aliphatic rings. The van der Waals surface area contributed by atoms with E-state index in [-0.39, 0.29) is 11.6 Å². The Morgan fingerprint density at radius 1 is 0.667 bits per heavy atom. The zero-order valence-electron chi connectivity index (χ0n) is 11.5. The summed E-state index contributed by atoms with van der Waals surface area (Å²) in [7, 11) is 0. The van der Waals surface area contributed by atoms with Crippen molar-refractivity contribution < 1.29 is 9.59 Å². The third-order valence-electron chi connectivity index (χ3n) is 4.14. The van der Waals surface area contributed by atoms with Crippen molar-refractivity contribution in [3.8, 4) is 0 Å². The Morgan fingerprint density at radius 3 is 1.95 bits per heavy atom. The van der Waals surface area contributed by atoms with Gasteiger partial charge in [-0.1, -0.05) is 48.5 Å². The van der Waals surface area contributed by atoms with E-state index in [1.165, 1.54) is 0 Å². The summed E-state index contributed by atoms with van der Waals surface area (Å²) >= 11 is 0. The van der Waals surface area contributed by atoms with E-state index >= 15 is 0 Å². The Bertz CT molecular complexity index is 935. The molecule has 0 atom stereocenters. The van der Waals surface area contributed by atoms with Crippen molar-refractivity contribution in [2.45, 2.75) is 6.92 Å². The van der Waals surface area contributed by atoms with Crippen LogP contribution >= 0.6 is 0 Å². The molecule has 0 N–H and O–H groups in total. The highest BCUT2D eigenvalue weighted by atomic mass is 16.1. The molecule has 3 aromatic rings. The molecule has 21 heavy (non-hydrogen) atoms. The maximum absolute atomic E-state index is 12.8. The summed E-state index contributed by atoms with van der Waals surface area (Å²) in [6, 6.07) is 16.6. The summed E-state index contributed by atoms with van der Waals surface area (Å²) in [5.41, 5.74) is 3.09. The van der Waals surface area contributed by atoms with E-state index in [2.05, 4.69) is 0 Å². The number of carbonyl (C=O) groups excluding carboxylic acids is 2. The highest BCUT2D eigenvalue weighted by Gasteiger charge is 2.31. The average molecular weight is 272 g/mol. The van der Waals surface area contributed by atoms with Crippen LogP contribution in [0.4, 0.5) is 0 Å². The molecular weight excluding hydrogens is 260 g/mol. The van der Waals surface area contributed by atoms with Gasteiger partial charge in [-0.3, -0.25) is 9.59 Å². The number of hydrogen-bond acceptors (Lipinski definition) is 2. The molecule has 0 aromatic heterocycles. The first kappa shape index (κ1) is 12.0. The fraction of sp³-hybridized carbons (Fsp3) is 0.0526. The number of benzene rings is 3. The minimum absolute atomic E-state index is 0.0589. The molecular formula is C19H12O2. The van der Waals surface area contributed by atoms with Crippen molar-refractivity contribution in [3.63, 3.8) is 0 Å². The molecule has 0 aliphatic heterocycles. The maximum Gasteiger partial charge on any atom is 0.195 e. The smallest absolute Gasteiger partial charge is 0.195 e. The second-order valence-electron chi connectivity index (χ2n) is 5.37. The zero-order valence-corrected chi connectivity index (χ0v) is 11.5. The molecule has 0 fully saturated rings. The molecule has 3 aromatic carbocycles. The highest BCUT2D eigenvalue weighted by Crippen LogP contribution is 2.34. The van der Waals surface area contributed by atoms with Gasteiger partial charge in [0.25, 0.3) is 0 Å². The molecule has 2 nitrogen and oxygen atoms in total. The van der Waals surface area contributed by atoms with Gasteiger partial charge in [0.05, 0.1) is 0 Å². The van der Waals surface area contributed by atoms with E-state index < -0.39 is 0 Å². The quantitative estimate of drug-likeness (QED) is 0.486. The molecule has 0 saturated heterocycles. The van der Waals surface area contributed by atoms with E-state index in [1.54, 1.807) is 24.3 Å². The molecule has 1 aliphatic carbocycles. The van der Waals surface area contributed by atoms with Crippen molar-refractivity contribution >= 4 is 22.3 Å². The molecule has 0 amide bonds. The van der Waals surface area contributed by atoms with Crippen molar-refractivity contribution in [2.75, 3.05) is 0 Å². The standard InChI is InChI=1S/C19H12O2/c1-11-10-16-17(13-7-3-2-6-12(11)13)19(21)15-9-5-4-8-14(15)18(16)20/h2-10H,1H3. The summed E-state index contributed by atoms with van der Waals surface area (Å²) in [4.78, 5) is 25.5. The minimum Gasteiger partial charge on any atom is -0.289 e. The monoisotopic (exact) mass is 272 g/mol. The summed E-state index contributed by atoms with van der Waals surface area (Å²) in [6.45, 7) is 1.97. The summed E-state index contributed by atoms with van der Waals surface area (Å²) in [5, 5.41) is 1.89. The number of ketones is 2. The number of hydrogen-bond donors (Lipinski definition) is 0. The van der Waals surface area contributed by atoms with E-state index in [9.17, 15) is 9.59 Å². The van der Waals surface area contributed by atoms with Crippen LogP contribution in [0.1, 0.15) is 37.4 Å². The van der Waals surface area contributed by atoms with E-state index in [4.69, 9.17) is 0 Å². The lowest BCUT2D eigenvalue weighted by Gasteiger charge is -2.20. The van der Waals surface area contributed by atoms with Gasteiger partial charge >= 0.3 is 0 Å². The Balaban J connectivity index is 2.17. The molecule has 0 radical (unpaired) electrons. The van der Waals surface area contributed by atoms with Crippen molar-refractivity contribution in [2.24, 2.45) is 0 Å². The fourth-order valence-corrected chi connectivity index (χ4v) is 3.14. The second-order valence-corrected chi connectivity index (χ2v) is 5.37. The van der Waals surface area contributed by atoms with Crippen molar-refractivity contribution in [1.29, 1.82) is 0 Å². The number of fused-ring (bicyclic) bond motifs is 4. The molecule has 0 spiro atoms. The normalized spacial score (nSPS) is 13.2. The van der Waals surface area contributed by atoms with Crippen LogP contribution in [-0.2, 0) is 0 Å². The first-order valence-corrected chi connectivity index (χ1v) is 6.89. The Labute approximate surface area is 122 Å². The van der Waals surface area contributed by atoms with Gasteiger partial charge in [-0.05, 0) is 29.3 Å². The van der Waals surface area contributed by atoms with E-state index in [1.807, 2.05) is 37.3 Å². The summed E-state index contributed by atoms with van der Waals surface area (Å²) in [5.74, 6) is -0.120. The van der Waals surface area contributed by atoms with Crippen molar-refractivity contribution in [1.82, 2.24) is 0 Å². The van der Waals surface area contributed by atoms with Gasteiger partial charge in [0.1, 0.15) is 0 Å². The molecule has 2 heteroatoms. The number of carbonyl (C=O) groups is 2. The summed E-state index contributed by atoms with van der Waals surface area (Å²) < 4.78 is 0. The minimum atomic E-state index is -0.0611. The first-order chi connectivity index (χ1) is 10.2. The van der Waals surface area contributed by atoms with Crippen LogP contribution < -0.4 is 0 Å². The predicted molar refractivity (Wildman–Crippen MR) is 82.0 cm³/mol. The van der Waals surface area contributed by atoms with Gasteiger partial charge in [0, 0.05) is 22.3 Å². The molecule has 100 valence electrons. The molecule has 0 heterocycles. The third-order valence-corrected chi connectivity index (χ3v) is 4.14. The predicted octanol–water partition coefficient (Wildman–Crippen LogP) is 3.92. The SMILES string of the molecule is Cc1cc2c(c3ccccc13)C(=O)c1ccccc1C2=O. The lowest BCUT2D eigenvalue weighted by Crippen LogP contribution is -2.21. The van der Waals surface area contributed by atoms with Gasteiger partial charge in [-0.25, -0.2) is 0 Å². The molecule has 4 rings (SSSR count). The van der Waals surface area contributed by atoms with Gasteiger partial charge in [0.2, 0.25) is 0 Å². The van der Waals surface area contributed by atoms with Crippen LogP contribution in [0.5, 0.6) is 0 Å². The highest BCUT2D eigenvalue weighted by molar-refractivity contribution is 6.32. The maximum atomic E-state index is 12.8. The van der Waals surface area contributed by atoms with Gasteiger partial charge in [-0.2, -0.15) is 0 Å². The van der Waals surface area contributed by atoms with Gasteiger partial charge in [-0.15, -0.1) is 0 Å². The van der Waals surface area contributed by atoms with Gasteiger partial charge in [0.15, 0.2) is 11.6 Å². The second kappa shape index (κ2) is 4.13. The fourth-order valence-electron chi connectivity index (χ4n) is 3.14. The Kier molecular flexibility index (Phi) is 2.36. The van der Waals surface area contributed by atoms with Crippen LogP contribution in [0.15, 0.2) is 54.6 Å². The largest absolute Gasteiger partial charge is 0.289 e. The van der Waals surface area contributed by atoms with Crippen LogP contribution in [0.25, 0.3) is 10.8 Å². The Morgan fingerprint density at radius 2 is 1.24 bits per heavy atom. The Hall–Kier alpha value is -2.74. The van der Waals surface area contributed by atoms with Crippen molar-refractivity contribution in [3.05, 3.63) is 82.4 Å². The number of rotatable bonds is 0. The van der Waals surface area contributed by atoms with Crippen LogP contribution in [0.3, 0.4) is 0 Å². The number of aryl methyl sites for hydroxylation is 1. The summed E-state index contributed by atoms with van der Waals surface area (Å²) in [6.07, 6.45) is 0. The molecule has 0 bridgehead atoms. The van der Waals surface area contributed by atoms with E-state index in [0.29, 0.717) is 22.3 Å². The molecule has 0 unspecified atom stereocenters.